The molecule has 1 aliphatic carbocycles. The third kappa shape index (κ3) is 5.76. The number of rotatable bonds is 9. The van der Waals surface area contributed by atoms with Crippen LogP contribution >= 0.6 is 0 Å². The highest BCUT2D eigenvalue weighted by atomic mass is 16.6. The number of ketones is 1. The maximum absolute atomic E-state index is 13.0. The number of aromatic hydroxyl groups is 1. The molecule has 2 heterocycles. The minimum Gasteiger partial charge on any atom is -0.508 e. The standard InChI is InChI=1S/C33H38O9/c1-4-40-32(37)28-16-23(20-9-12-25(36)22(15-20)19-7-10-21(35)11-8-19)30-27(41-28)18-26-24(31(30)39-3)17-29(42-26)33(2,38)13-5-6-14-34/h7-8,10-11,16,18,22,29,34-35,38H,4-6,9,12-15,17H2,1-3H3. The summed E-state index contributed by atoms with van der Waals surface area (Å²) in [5, 5.41) is 30.2. The summed E-state index contributed by atoms with van der Waals surface area (Å²) in [6.07, 6.45) is 4.52. The predicted molar refractivity (Wildman–Crippen MR) is 155 cm³/mol. The van der Waals surface area contributed by atoms with Crippen LogP contribution in [0.5, 0.6) is 23.0 Å². The molecular weight excluding hydrogens is 540 g/mol. The second-order valence-electron chi connectivity index (χ2n) is 11.3. The molecule has 2 aromatic rings. The van der Waals surface area contributed by atoms with Gasteiger partial charge in [-0.2, -0.15) is 0 Å². The Labute approximate surface area is 245 Å². The van der Waals surface area contributed by atoms with Gasteiger partial charge in [-0.15, -0.1) is 0 Å². The topological polar surface area (TPSA) is 132 Å². The van der Waals surface area contributed by atoms with Crippen LogP contribution in [0.3, 0.4) is 0 Å². The van der Waals surface area contributed by atoms with Gasteiger partial charge in [0.1, 0.15) is 34.9 Å². The van der Waals surface area contributed by atoms with Crippen LogP contribution in [0, 0.1) is 0 Å². The number of carbonyl (C=O) groups is 2. The van der Waals surface area contributed by atoms with Gasteiger partial charge in [-0.25, -0.2) is 4.79 Å². The Bertz CT molecular complexity index is 1420. The second kappa shape index (κ2) is 12.2. The van der Waals surface area contributed by atoms with Crippen LogP contribution in [0.15, 0.2) is 47.7 Å². The van der Waals surface area contributed by atoms with Crippen molar-refractivity contribution in [1.29, 1.82) is 0 Å². The molecule has 9 nitrogen and oxygen atoms in total. The first-order valence-corrected chi connectivity index (χ1v) is 14.5. The third-order valence-electron chi connectivity index (χ3n) is 8.38. The van der Waals surface area contributed by atoms with Crippen molar-refractivity contribution >= 4 is 17.3 Å². The van der Waals surface area contributed by atoms with Gasteiger partial charge in [0, 0.05) is 37.0 Å². The first-order valence-electron chi connectivity index (χ1n) is 14.5. The van der Waals surface area contributed by atoms with Crippen molar-refractivity contribution in [3.63, 3.8) is 0 Å². The summed E-state index contributed by atoms with van der Waals surface area (Å²) in [7, 11) is 1.57. The SMILES string of the molecule is CCOC(=O)C1=CC(=C2CCC(=O)C(c3ccc(O)cc3)C2)c2c(cc3c(c2OC)CC(C(C)(O)CCCCO)O3)O1. The Hall–Kier alpha value is -3.82. The van der Waals surface area contributed by atoms with E-state index in [4.69, 9.17) is 18.9 Å². The van der Waals surface area contributed by atoms with E-state index in [1.54, 1.807) is 57.4 Å². The first-order chi connectivity index (χ1) is 20.2. The van der Waals surface area contributed by atoms with Crippen LogP contribution in [0.25, 0.3) is 5.57 Å². The zero-order valence-corrected chi connectivity index (χ0v) is 24.3. The van der Waals surface area contributed by atoms with Gasteiger partial charge in [0.15, 0.2) is 0 Å². The van der Waals surface area contributed by atoms with Gasteiger partial charge in [0.05, 0.1) is 24.9 Å². The lowest BCUT2D eigenvalue weighted by atomic mass is 9.77. The predicted octanol–water partition coefficient (Wildman–Crippen LogP) is 4.75. The number of hydrogen-bond donors (Lipinski definition) is 3. The van der Waals surface area contributed by atoms with E-state index >= 15 is 0 Å². The summed E-state index contributed by atoms with van der Waals surface area (Å²) in [5.74, 6) is 0.696. The van der Waals surface area contributed by atoms with Crippen molar-refractivity contribution in [2.45, 2.75) is 76.4 Å². The molecule has 3 unspecified atom stereocenters. The maximum atomic E-state index is 13.0. The zero-order chi connectivity index (χ0) is 30.0. The Kier molecular flexibility index (Phi) is 8.61. The number of hydrogen-bond acceptors (Lipinski definition) is 9. The highest BCUT2D eigenvalue weighted by Gasteiger charge is 2.42. The molecule has 3 N–H and O–H groups in total. The van der Waals surface area contributed by atoms with Gasteiger partial charge >= 0.3 is 5.97 Å². The lowest BCUT2D eigenvalue weighted by molar-refractivity contribution is -0.141. The average molecular weight is 579 g/mol. The molecule has 0 aromatic heterocycles. The highest BCUT2D eigenvalue weighted by molar-refractivity contribution is 5.98. The minimum absolute atomic E-state index is 0.0254. The number of aliphatic hydroxyl groups excluding tert-OH is 1. The molecule has 224 valence electrons. The molecule has 1 saturated carbocycles. The normalized spacial score (nSPS) is 22.7. The van der Waals surface area contributed by atoms with Crippen LogP contribution in [-0.4, -0.2) is 59.1 Å². The van der Waals surface area contributed by atoms with Crippen LogP contribution < -0.4 is 14.2 Å². The number of carbonyl (C=O) groups excluding carboxylic acids is 2. The molecule has 3 atom stereocenters. The van der Waals surface area contributed by atoms with Crippen molar-refractivity contribution in [2.75, 3.05) is 20.3 Å². The van der Waals surface area contributed by atoms with E-state index in [9.17, 15) is 24.9 Å². The van der Waals surface area contributed by atoms with Crippen molar-refractivity contribution in [2.24, 2.45) is 0 Å². The van der Waals surface area contributed by atoms with Crippen molar-refractivity contribution in [3.05, 3.63) is 64.4 Å². The smallest absolute Gasteiger partial charge is 0.374 e. The molecule has 3 aliphatic rings. The monoisotopic (exact) mass is 578 g/mol. The lowest BCUT2D eigenvalue weighted by Gasteiger charge is -2.29. The number of Topliss-reactive ketones (excluding diaryl/α,β-unsaturated/α-hetero) is 1. The summed E-state index contributed by atoms with van der Waals surface area (Å²) in [6.45, 7) is 3.70. The fourth-order valence-electron chi connectivity index (χ4n) is 6.09. The van der Waals surface area contributed by atoms with Gasteiger partial charge in [0.25, 0.3) is 0 Å². The van der Waals surface area contributed by atoms with E-state index in [1.165, 1.54) is 0 Å². The molecule has 2 aliphatic heterocycles. The molecule has 0 radical (unpaired) electrons. The fraction of sp³-hybridized carbons (Fsp3) is 0.455. The number of benzene rings is 2. The van der Waals surface area contributed by atoms with E-state index in [2.05, 4.69) is 0 Å². The van der Waals surface area contributed by atoms with E-state index in [0.29, 0.717) is 67.8 Å². The van der Waals surface area contributed by atoms with E-state index in [-0.39, 0.29) is 30.5 Å². The van der Waals surface area contributed by atoms with Crippen LogP contribution in [0.1, 0.15) is 75.0 Å². The van der Waals surface area contributed by atoms with Crippen LogP contribution in [-0.2, 0) is 20.7 Å². The summed E-state index contributed by atoms with van der Waals surface area (Å²) in [4.78, 5) is 25.9. The number of unbranched alkanes of at least 4 members (excludes halogenated alkanes) is 1. The van der Waals surface area contributed by atoms with Gasteiger partial charge < -0.3 is 34.3 Å². The Morgan fingerprint density at radius 2 is 1.88 bits per heavy atom. The number of methoxy groups -OCH3 is 1. The molecule has 0 amide bonds. The number of esters is 1. The highest BCUT2D eigenvalue weighted by Crippen LogP contribution is 2.52. The first kappa shape index (κ1) is 29.7. The molecule has 0 bridgehead atoms. The summed E-state index contributed by atoms with van der Waals surface area (Å²) < 4.78 is 23.6. The molecule has 9 heteroatoms. The summed E-state index contributed by atoms with van der Waals surface area (Å²) in [6, 6.07) is 8.42. The van der Waals surface area contributed by atoms with Crippen LogP contribution in [0.4, 0.5) is 0 Å². The maximum Gasteiger partial charge on any atom is 0.374 e. The van der Waals surface area contributed by atoms with E-state index < -0.39 is 23.6 Å². The van der Waals surface area contributed by atoms with Crippen molar-refractivity contribution in [1.82, 2.24) is 0 Å². The second-order valence-corrected chi connectivity index (χ2v) is 11.3. The quantitative estimate of drug-likeness (QED) is 0.285. The lowest BCUT2D eigenvalue weighted by Crippen LogP contribution is -2.42. The van der Waals surface area contributed by atoms with Crippen LogP contribution in [0.2, 0.25) is 0 Å². The minimum atomic E-state index is -1.14. The number of ether oxygens (including phenoxy) is 4. The summed E-state index contributed by atoms with van der Waals surface area (Å²) in [5.41, 5.74) is 2.86. The van der Waals surface area contributed by atoms with Gasteiger partial charge in [-0.1, -0.05) is 17.7 Å². The van der Waals surface area contributed by atoms with E-state index in [0.717, 1.165) is 22.3 Å². The molecule has 0 saturated heterocycles. The molecule has 1 fully saturated rings. The van der Waals surface area contributed by atoms with Crippen molar-refractivity contribution < 1.29 is 43.9 Å². The average Bonchev–Trinajstić information content (AvgIpc) is 3.41. The van der Waals surface area contributed by atoms with Gasteiger partial charge in [-0.05, 0) is 75.3 Å². The Morgan fingerprint density at radius 3 is 2.57 bits per heavy atom. The number of aliphatic hydroxyl groups is 2. The molecule has 2 aromatic carbocycles. The fourth-order valence-corrected chi connectivity index (χ4v) is 6.09. The summed E-state index contributed by atoms with van der Waals surface area (Å²) >= 11 is 0. The molecular formula is C33H38O9. The number of phenols is 1. The van der Waals surface area contributed by atoms with Crippen molar-refractivity contribution in [3.8, 4) is 23.0 Å². The molecule has 5 rings (SSSR count). The third-order valence-corrected chi connectivity index (χ3v) is 8.38. The molecule has 0 spiro atoms. The zero-order valence-electron chi connectivity index (χ0n) is 24.3. The Morgan fingerprint density at radius 1 is 1.12 bits per heavy atom. The number of allylic oxidation sites excluding steroid dienone is 3. The largest absolute Gasteiger partial charge is 0.508 e. The van der Waals surface area contributed by atoms with Gasteiger partial charge in [-0.3, -0.25) is 4.79 Å². The number of fused-ring (bicyclic) bond motifs is 2. The van der Waals surface area contributed by atoms with Gasteiger partial charge in [0.2, 0.25) is 5.76 Å². The van der Waals surface area contributed by atoms with E-state index in [1.807, 2.05) is 0 Å². The number of phenolic OH excluding ortho intramolecular Hbond substituents is 1. The Balaban J connectivity index is 1.59. The molecule has 42 heavy (non-hydrogen) atoms.